The Morgan fingerprint density at radius 3 is 2.72 bits per heavy atom. The molecule has 1 atom stereocenters. The van der Waals surface area contributed by atoms with Gasteiger partial charge < -0.3 is 9.84 Å². The van der Waals surface area contributed by atoms with Crippen molar-refractivity contribution in [2.45, 2.75) is 32.2 Å². The highest BCUT2D eigenvalue weighted by Crippen LogP contribution is 2.38. The summed E-state index contributed by atoms with van der Waals surface area (Å²) in [5.41, 5.74) is 4.00. The summed E-state index contributed by atoms with van der Waals surface area (Å²) in [6.07, 6.45) is -0.00186. The van der Waals surface area contributed by atoms with Crippen LogP contribution in [0, 0.1) is 6.92 Å². The number of aryl methyl sites for hydroxylation is 1. The number of hydrazone groups is 1. The van der Waals surface area contributed by atoms with Crippen LogP contribution in [0.15, 0.2) is 53.6 Å². The number of halogens is 1. The van der Waals surface area contributed by atoms with Gasteiger partial charge in [0, 0.05) is 29.4 Å². The fourth-order valence-corrected chi connectivity index (χ4v) is 4.13. The van der Waals surface area contributed by atoms with Gasteiger partial charge in [-0.05, 0) is 30.7 Å². The van der Waals surface area contributed by atoms with Crippen LogP contribution in [0.2, 0.25) is 5.15 Å². The monoisotopic (exact) mass is 451 g/mol. The smallest absolute Gasteiger partial charge is 0.303 e. The number of carbonyl (C=O) groups is 2. The Bertz CT molecular complexity index is 1240. The maximum atomic E-state index is 12.9. The van der Waals surface area contributed by atoms with E-state index in [4.69, 9.17) is 21.4 Å². The first-order valence-electron chi connectivity index (χ1n) is 10.2. The minimum absolute atomic E-state index is 0.154. The van der Waals surface area contributed by atoms with Crippen LogP contribution in [0.25, 0.3) is 10.9 Å². The summed E-state index contributed by atoms with van der Waals surface area (Å²) in [7, 11) is 1.59. The average Bonchev–Trinajstić information content (AvgIpc) is 3.23. The quantitative estimate of drug-likeness (QED) is 0.546. The van der Waals surface area contributed by atoms with Gasteiger partial charge in [-0.15, -0.1) is 0 Å². The molecule has 2 heterocycles. The van der Waals surface area contributed by atoms with Crippen molar-refractivity contribution in [2.75, 3.05) is 7.11 Å². The number of amides is 1. The lowest BCUT2D eigenvalue weighted by molar-refractivity contribution is -0.141. The van der Waals surface area contributed by atoms with Crippen molar-refractivity contribution in [3.63, 3.8) is 0 Å². The zero-order chi connectivity index (χ0) is 22.8. The fourth-order valence-electron chi connectivity index (χ4n) is 3.86. The number of para-hydroxylation sites is 1. The Labute approximate surface area is 190 Å². The number of aromatic nitrogens is 1. The van der Waals surface area contributed by atoms with Crippen molar-refractivity contribution in [2.24, 2.45) is 5.10 Å². The molecule has 1 amide bonds. The number of fused-ring (bicyclic) bond motifs is 1. The summed E-state index contributed by atoms with van der Waals surface area (Å²) in [5, 5.41) is 16.2. The van der Waals surface area contributed by atoms with Gasteiger partial charge in [-0.1, -0.05) is 41.9 Å². The Morgan fingerprint density at radius 2 is 1.97 bits per heavy atom. The first-order valence-corrected chi connectivity index (χ1v) is 10.6. The molecule has 0 fully saturated rings. The second-order valence-corrected chi connectivity index (χ2v) is 8.00. The lowest BCUT2D eigenvalue weighted by atomic mass is 9.97. The zero-order valence-corrected chi connectivity index (χ0v) is 18.5. The minimum atomic E-state index is -1.04. The Kier molecular flexibility index (Phi) is 6.10. The van der Waals surface area contributed by atoms with Gasteiger partial charge in [0.05, 0.1) is 30.8 Å². The number of hydrogen-bond donors (Lipinski definition) is 1. The summed E-state index contributed by atoms with van der Waals surface area (Å²) >= 11 is 6.58. The van der Waals surface area contributed by atoms with Crippen molar-refractivity contribution < 1.29 is 19.4 Å². The summed E-state index contributed by atoms with van der Waals surface area (Å²) in [6.45, 7) is 1.96. The standard InChI is InChI=1S/C24H22ClN3O4/c1-14-5-3-7-16-12-18(24(25)26-23(14)16)20-13-19(15-6-4-8-17(11-15)32-2)27-28(20)21(29)9-10-22(30)31/h3-8,11-12,20H,9-10,13H2,1-2H3,(H,30,31)/t20-/m0/s1. The van der Waals surface area contributed by atoms with Crippen LogP contribution in [0.5, 0.6) is 5.75 Å². The fraction of sp³-hybridized carbons (Fsp3) is 0.250. The SMILES string of the molecule is COc1cccc(C2=NN(C(=O)CCC(=O)O)[C@H](c3cc4cccc(C)c4nc3Cl)C2)c1. The highest BCUT2D eigenvalue weighted by molar-refractivity contribution is 6.30. The summed E-state index contributed by atoms with van der Waals surface area (Å²) in [6, 6.07) is 14.7. The molecular formula is C24H22ClN3O4. The molecule has 8 heteroatoms. The second-order valence-electron chi connectivity index (χ2n) is 7.65. The molecule has 0 unspecified atom stereocenters. The number of ether oxygens (including phenoxy) is 1. The van der Waals surface area contributed by atoms with E-state index < -0.39 is 12.0 Å². The highest BCUT2D eigenvalue weighted by Gasteiger charge is 2.35. The van der Waals surface area contributed by atoms with Gasteiger partial charge in [-0.2, -0.15) is 5.10 Å². The number of benzene rings is 2. The molecule has 0 saturated carbocycles. The van der Waals surface area contributed by atoms with E-state index >= 15 is 0 Å². The van der Waals surface area contributed by atoms with Gasteiger partial charge in [0.2, 0.25) is 5.91 Å². The molecule has 2 aromatic carbocycles. The first-order chi connectivity index (χ1) is 15.4. The van der Waals surface area contributed by atoms with E-state index in [-0.39, 0.29) is 18.7 Å². The average molecular weight is 452 g/mol. The normalized spacial score (nSPS) is 15.7. The molecule has 0 radical (unpaired) electrons. The van der Waals surface area contributed by atoms with E-state index in [0.29, 0.717) is 28.6 Å². The molecule has 164 valence electrons. The third kappa shape index (κ3) is 4.29. The van der Waals surface area contributed by atoms with E-state index in [0.717, 1.165) is 22.0 Å². The topological polar surface area (TPSA) is 92.1 Å². The number of carboxylic acid groups (broad SMARTS) is 1. The van der Waals surface area contributed by atoms with E-state index in [9.17, 15) is 9.59 Å². The number of pyridine rings is 1. The minimum Gasteiger partial charge on any atom is -0.497 e. The van der Waals surface area contributed by atoms with Crippen LogP contribution < -0.4 is 4.74 Å². The molecule has 0 spiro atoms. The molecule has 0 bridgehead atoms. The van der Waals surface area contributed by atoms with Crippen LogP contribution in [0.3, 0.4) is 0 Å². The second kappa shape index (κ2) is 8.96. The van der Waals surface area contributed by atoms with Gasteiger partial charge >= 0.3 is 5.97 Å². The molecule has 32 heavy (non-hydrogen) atoms. The Hall–Kier alpha value is -3.45. The maximum Gasteiger partial charge on any atom is 0.303 e. The number of carboxylic acids is 1. The number of methoxy groups -OCH3 is 1. The number of rotatable bonds is 6. The van der Waals surface area contributed by atoms with Gasteiger partial charge in [0.1, 0.15) is 10.9 Å². The van der Waals surface area contributed by atoms with Crippen molar-refractivity contribution in [1.29, 1.82) is 0 Å². The van der Waals surface area contributed by atoms with Gasteiger partial charge in [-0.3, -0.25) is 9.59 Å². The van der Waals surface area contributed by atoms with Crippen molar-refractivity contribution in [3.05, 3.63) is 70.4 Å². The molecule has 0 aliphatic carbocycles. The predicted octanol–water partition coefficient (Wildman–Crippen LogP) is 4.75. The van der Waals surface area contributed by atoms with Crippen LogP contribution in [0.1, 0.15) is 42.0 Å². The van der Waals surface area contributed by atoms with Gasteiger partial charge in [-0.25, -0.2) is 9.99 Å². The third-order valence-electron chi connectivity index (χ3n) is 5.51. The Morgan fingerprint density at radius 1 is 1.19 bits per heavy atom. The van der Waals surface area contributed by atoms with Crippen molar-refractivity contribution >= 4 is 40.1 Å². The van der Waals surface area contributed by atoms with Gasteiger partial charge in [0.25, 0.3) is 0 Å². The molecule has 0 saturated heterocycles. The molecule has 4 rings (SSSR count). The number of aliphatic carboxylic acids is 1. The van der Waals surface area contributed by atoms with E-state index in [1.165, 1.54) is 5.01 Å². The number of nitrogens with zero attached hydrogens (tertiary/aromatic N) is 3. The van der Waals surface area contributed by atoms with Gasteiger partial charge in [0.15, 0.2) is 0 Å². The van der Waals surface area contributed by atoms with Crippen LogP contribution in [0.4, 0.5) is 0 Å². The highest BCUT2D eigenvalue weighted by atomic mass is 35.5. The molecule has 1 N–H and O–H groups in total. The third-order valence-corrected chi connectivity index (χ3v) is 5.81. The lowest BCUT2D eigenvalue weighted by Gasteiger charge is -2.23. The molecule has 3 aromatic rings. The first kappa shape index (κ1) is 21.8. The molecule has 1 aliphatic heterocycles. The molecule has 1 aromatic heterocycles. The van der Waals surface area contributed by atoms with E-state index in [1.807, 2.05) is 55.5 Å². The van der Waals surface area contributed by atoms with Crippen LogP contribution in [-0.2, 0) is 9.59 Å². The predicted molar refractivity (Wildman–Crippen MR) is 122 cm³/mol. The van der Waals surface area contributed by atoms with Crippen LogP contribution in [-0.4, -0.2) is 39.8 Å². The van der Waals surface area contributed by atoms with Crippen LogP contribution >= 0.6 is 11.6 Å². The summed E-state index contributed by atoms with van der Waals surface area (Å²) in [4.78, 5) is 28.5. The lowest BCUT2D eigenvalue weighted by Crippen LogP contribution is -2.27. The van der Waals surface area contributed by atoms with E-state index in [2.05, 4.69) is 10.1 Å². The molecular weight excluding hydrogens is 430 g/mol. The van der Waals surface area contributed by atoms with E-state index in [1.54, 1.807) is 7.11 Å². The largest absolute Gasteiger partial charge is 0.497 e. The number of hydrogen-bond acceptors (Lipinski definition) is 5. The summed E-state index contributed by atoms with van der Waals surface area (Å²) in [5.74, 6) is -0.735. The molecule has 7 nitrogen and oxygen atoms in total. The van der Waals surface area contributed by atoms with Crippen molar-refractivity contribution in [3.8, 4) is 5.75 Å². The molecule has 1 aliphatic rings. The zero-order valence-electron chi connectivity index (χ0n) is 17.7. The summed E-state index contributed by atoms with van der Waals surface area (Å²) < 4.78 is 5.31. The number of carbonyl (C=O) groups excluding carboxylic acids is 1. The maximum absolute atomic E-state index is 12.9. The van der Waals surface area contributed by atoms with Crippen molar-refractivity contribution in [1.82, 2.24) is 9.99 Å². The Balaban J connectivity index is 1.75.